The van der Waals surface area contributed by atoms with Gasteiger partial charge in [-0.2, -0.15) is 0 Å². The summed E-state index contributed by atoms with van der Waals surface area (Å²) in [5, 5.41) is 10.0. The Balaban J connectivity index is 1.28. The molecule has 0 aliphatic rings. The third-order valence-corrected chi connectivity index (χ3v) is 4.93. The van der Waals surface area contributed by atoms with E-state index in [1.54, 1.807) is 36.5 Å². The van der Waals surface area contributed by atoms with Gasteiger partial charge in [0.25, 0.3) is 5.91 Å². The standard InChI is InChI=1S/C24H23N5O3/c30-22(13-7-14-25-23(31)19-9-2-1-3-10-19)26-20-11-6-8-18(16-20)17-29-24(32)28-15-5-4-12-21(28)27-29/h1-6,8-12,15-16H,7,13-14,17H2,(H,25,31)(H,26,30). The highest BCUT2D eigenvalue weighted by Gasteiger charge is 2.09. The van der Waals surface area contributed by atoms with Crippen molar-refractivity contribution >= 4 is 23.1 Å². The van der Waals surface area contributed by atoms with Crippen molar-refractivity contribution in [3.8, 4) is 0 Å². The van der Waals surface area contributed by atoms with Crippen molar-refractivity contribution in [3.63, 3.8) is 0 Å². The maximum absolute atomic E-state index is 12.4. The van der Waals surface area contributed by atoms with Gasteiger partial charge in [0.1, 0.15) is 0 Å². The second-order valence-corrected chi connectivity index (χ2v) is 7.34. The molecule has 4 aromatic rings. The Morgan fingerprint density at radius 2 is 1.75 bits per heavy atom. The predicted octanol–water partition coefficient (Wildman–Crippen LogP) is 2.69. The molecule has 0 radical (unpaired) electrons. The summed E-state index contributed by atoms with van der Waals surface area (Å²) in [6, 6.07) is 21.7. The van der Waals surface area contributed by atoms with E-state index in [9.17, 15) is 14.4 Å². The van der Waals surface area contributed by atoms with Crippen LogP contribution < -0.4 is 16.3 Å². The lowest BCUT2D eigenvalue weighted by Crippen LogP contribution is -2.25. The molecule has 8 heteroatoms. The fraction of sp³-hybridized carbons (Fsp3) is 0.167. The van der Waals surface area contributed by atoms with Gasteiger partial charge in [0.2, 0.25) is 5.91 Å². The zero-order chi connectivity index (χ0) is 22.3. The van der Waals surface area contributed by atoms with E-state index in [0.717, 1.165) is 5.56 Å². The number of nitrogens with zero attached hydrogens (tertiary/aromatic N) is 3. The van der Waals surface area contributed by atoms with Gasteiger partial charge in [-0.25, -0.2) is 9.48 Å². The Morgan fingerprint density at radius 1 is 0.938 bits per heavy atom. The lowest BCUT2D eigenvalue weighted by Gasteiger charge is -2.08. The minimum absolute atomic E-state index is 0.138. The molecule has 4 rings (SSSR count). The summed E-state index contributed by atoms with van der Waals surface area (Å²) >= 11 is 0. The first kappa shape index (κ1) is 21.0. The number of pyridine rings is 1. The van der Waals surface area contributed by atoms with Gasteiger partial charge in [0.15, 0.2) is 5.65 Å². The number of hydrogen-bond donors (Lipinski definition) is 2. The monoisotopic (exact) mass is 429 g/mol. The normalized spacial score (nSPS) is 10.8. The molecule has 0 spiro atoms. The van der Waals surface area contributed by atoms with Crippen LogP contribution in [0.2, 0.25) is 0 Å². The fourth-order valence-corrected chi connectivity index (χ4v) is 3.36. The highest BCUT2D eigenvalue weighted by atomic mass is 16.2. The number of amides is 2. The molecule has 2 N–H and O–H groups in total. The third kappa shape index (κ3) is 5.10. The molecule has 32 heavy (non-hydrogen) atoms. The smallest absolute Gasteiger partial charge is 0.350 e. The molecule has 2 amide bonds. The molecule has 2 aromatic carbocycles. The van der Waals surface area contributed by atoms with E-state index in [2.05, 4.69) is 15.7 Å². The number of carbonyl (C=O) groups excluding carboxylic acids is 2. The van der Waals surface area contributed by atoms with Crippen LogP contribution in [0.5, 0.6) is 0 Å². The number of benzene rings is 2. The molecule has 0 bridgehead atoms. The number of hydrogen-bond acceptors (Lipinski definition) is 4. The van der Waals surface area contributed by atoms with E-state index in [1.807, 2.05) is 42.5 Å². The summed E-state index contributed by atoms with van der Waals surface area (Å²) in [5.74, 6) is -0.290. The van der Waals surface area contributed by atoms with Gasteiger partial charge >= 0.3 is 5.69 Å². The van der Waals surface area contributed by atoms with Crippen molar-refractivity contribution < 1.29 is 9.59 Å². The Labute approximate surface area is 184 Å². The SMILES string of the molecule is O=C(CCCNC(=O)c1ccccc1)Nc1cccc(Cn2nc3ccccn3c2=O)c1. The van der Waals surface area contributed by atoms with E-state index in [-0.39, 0.29) is 23.9 Å². The molecular weight excluding hydrogens is 406 g/mol. The van der Waals surface area contributed by atoms with Gasteiger partial charge in [0.05, 0.1) is 6.54 Å². The molecule has 2 aromatic heterocycles. The van der Waals surface area contributed by atoms with E-state index < -0.39 is 0 Å². The van der Waals surface area contributed by atoms with Gasteiger partial charge in [-0.1, -0.05) is 36.4 Å². The second kappa shape index (κ2) is 9.74. The summed E-state index contributed by atoms with van der Waals surface area (Å²) in [6.07, 6.45) is 2.49. The molecule has 8 nitrogen and oxygen atoms in total. The van der Waals surface area contributed by atoms with E-state index in [4.69, 9.17) is 0 Å². The van der Waals surface area contributed by atoms with E-state index in [0.29, 0.717) is 36.4 Å². The van der Waals surface area contributed by atoms with E-state index in [1.165, 1.54) is 9.08 Å². The predicted molar refractivity (Wildman–Crippen MR) is 122 cm³/mol. The molecule has 0 aliphatic heterocycles. The maximum Gasteiger partial charge on any atom is 0.350 e. The average molecular weight is 429 g/mol. The number of carbonyl (C=O) groups is 2. The Hall–Kier alpha value is -4.20. The van der Waals surface area contributed by atoms with Crippen LogP contribution in [0.15, 0.2) is 83.8 Å². The van der Waals surface area contributed by atoms with Crippen LogP contribution in [0.4, 0.5) is 5.69 Å². The lowest BCUT2D eigenvalue weighted by molar-refractivity contribution is -0.116. The summed E-state index contributed by atoms with van der Waals surface area (Å²) in [7, 11) is 0. The first-order chi connectivity index (χ1) is 15.6. The fourth-order valence-electron chi connectivity index (χ4n) is 3.36. The first-order valence-corrected chi connectivity index (χ1v) is 10.4. The number of anilines is 1. The van der Waals surface area contributed by atoms with Crippen molar-refractivity contribution in [1.82, 2.24) is 19.5 Å². The van der Waals surface area contributed by atoms with Gasteiger partial charge in [-0.3, -0.25) is 14.0 Å². The zero-order valence-electron chi connectivity index (χ0n) is 17.4. The van der Waals surface area contributed by atoms with Crippen LogP contribution in [-0.4, -0.2) is 32.5 Å². The average Bonchev–Trinajstić information content (AvgIpc) is 3.12. The molecular formula is C24H23N5O3. The molecule has 0 unspecified atom stereocenters. The van der Waals surface area contributed by atoms with Crippen molar-refractivity contribution in [3.05, 3.63) is 101 Å². The molecule has 0 aliphatic carbocycles. The quantitative estimate of drug-likeness (QED) is 0.421. The second-order valence-electron chi connectivity index (χ2n) is 7.34. The number of aromatic nitrogens is 3. The van der Waals surface area contributed by atoms with Crippen LogP contribution >= 0.6 is 0 Å². The largest absolute Gasteiger partial charge is 0.352 e. The minimum atomic E-state index is -0.215. The summed E-state index contributed by atoms with van der Waals surface area (Å²) in [5.41, 5.74) is 2.47. The third-order valence-electron chi connectivity index (χ3n) is 4.93. The van der Waals surface area contributed by atoms with E-state index >= 15 is 0 Å². The number of nitrogens with one attached hydrogen (secondary N) is 2. The summed E-state index contributed by atoms with van der Waals surface area (Å²) in [6.45, 7) is 0.716. The van der Waals surface area contributed by atoms with Crippen LogP contribution in [0.3, 0.4) is 0 Å². The molecule has 0 saturated carbocycles. The first-order valence-electron chi connectivity index (χ1n) is 10.4. The Kier molecular flexibility index (Phi) is 6.41. The van der Waals surface area contributed by atoms with Gasteiger partial charge in [-0.05, 0) is 48.4 Å². The summed E-state index contributed by atoms with van der Waals surface area (Å²) in [4.78, 5) is 36.7. The summed E-state index contributed by atoms with van der Waals surface area (Å²) < 4.78 is 2.88. The highest BCUT2D eigenvalue weighted by Crippen LogP contribution is 2.12. The van der Waals surface area contributed by atoms with Crippen molar-refractivity contribution in [2.45, 2.75) is 19.4 Å². The van der Waals surface area contributed by atoms with Gasteiger partial charge in [0, 0.05) is 30.4 Å². The van der Waals surface area contributed by atoms with Crippen molar-refractivity contribution in [2.75, 3.05) is 11.9 Å². The molecule has 162 valence electrons. The molecule has 0 fully saturated rings. The van der Waals surface area contributed by atoms with Gasteiger partial charge < -0.3 is 10.6 Å². The molecule has 0 atom stereocenters. The maximum atomic E-state index is 12.4. The Bertz CT molecular complexity index is 1290. The lowest BCUT2D eigenvalue weighted by atomic mass is 10.2. The van der Waals surface area contributed by atoms with Gasteiger partial charge in [-0.15, -0.1) is 5.10 Å². The van der Waals surface area contributed by atoms with Crippen LogP contribution in [-0.2, 0) is 11.3 Å². The Morgan fingerprint density at radius 3 is 2.56 bits per heavy atom. The molecule has 0 saturated heterocycles. The highest BCUT2D eigenvalue weighted by molar-refractivity contribution is 5.94. The topological polar surface area (TPSA) is 97.5 Å². The molecule has 2 heterocycles. The van der Waals surface area contributed by atoms with Crippen molar-refractivity contribution in [2.24, 2.45) is 0 Å². The number of fused-ring (bicyclic) bond motifs is 1. The number of rotatable bonds is 8. The van der Waals surface area contributed by atoms with Crippen LogP contribution in [0, 0.1) is 0 Å². The van der Waals surface area contributed by atoms with Crippen molar-refractivity contribution in [1.29, 1.82) is 0 Å². The van der Waals surface area contributed by atoms with Crippen LogP contribution in [0.25, 0.3) is 5.65 Å². The van der Waals surface area contributed by atoms with Crippen LogP contribution in [0.1, 0.15) is 28.8 Å². The zero-order valence-corrected chi connectivity index (χ0v) is 17.4. The minimum Gasteiger partial charge on any atom is -0.352 e.